The fraction of sp³-hybridized carbons (Fsp3) is 0. The summed E-state index contributed by atoms with van der Waals surface area (Å²) in [5.41, 5.74) is 6.12. The second-order valence-corrected chi connectivity index (χ2v) is 2.82. The van der Waals surface area contributed by atoms with Crippen LogP contribution in [0.5, 0.6) is 0 Å². The van der Waals surface area contributed by atoms with Crippen LogP contribution in [0.4, 0.5) is 5.69 Å². The molecule has 0 aliphatic heterocycles. The van der Waals surface area contributed by atoms with Crippen LogP contribution in [0.25, 0.3) is 6.08 Å². The van der Waals surface area contributed by atoms with Crippen molar-refractivity contribution in [2.24, 2.45) is 0 Å². The Morgan fingerprint density at radius 3 is 2.40 bits per heavy atom. The van der Waals surface area contributed by atoms with E-state index in [2.05, 4.69) is 0 Å². The molecule has 15 heavy (non-hydrogen) atoms. The van der Waals surface area contributed by atoms with Gasteiger partial charge in [-0.1, -0.05) is 6.07 Å². The van der Waals surface area contributed by atoms with Gasteiger partial charge in [-0.3, -0.25) is 0 Å². The zero-order valence-electron chi connectivity index (χ0n) is 7.68. The summed E-state index contributed by atoms with van der Waals surface area (Å²) in [5, 5.41) is 17.1. The van der Waals surface area contributed by atoms with Crippen LogP contribution >= 0.6 is 0 Å². The first-order chi connectivity index (χ1) is 7.00. The number of carboxylic acids is 2. The lowest BCUT2D eigenvalue weighted by Crippen LogP contribution is -2.02. The molecule has 1 aromatic carbocycles. The van der Waals surface area contributed by atoms with E-state index in [4.69, 9.17) is 15.9 Å². The van der Waals surface area contributed by atoms with Crippen LogP contribution in [0, 0.1) is 0 Å². The molecule has 1 aromatic rings. The van der Waals surface area contributed by atoms with E-state index in [0.717, 1.165) is 6.08 Å². The molecule has 0 aliphatic rings. The molecule has 0 heterocycles. The van der Waals surface area contributed by atoms with E-state index in [-0.39, 0.29) is 11.3 Å². The Morgan fingerprint density at radius 2 is 1.93 bits per heavy atom. The van der Waals surface area contributed by atoms with E-state index < -0.39 is 11.9 Å². The van der Waals surface area contributed by atoms with Crippen molar-refractivity contribution >= 4 is 23.7 Å². The number of carbonyl (C=O) groups is 2. The quantitative estimate of drug-likeness (QED) is 0.508. The highest BCUT2D eigenvalue weighted by Gasteiger charge is 2.06. The predicted octanol–water partition coefficient (Wildman–Crippen LogP) is 1.06. The van der Waals surface area contributed by atoms with Crippen molar-refractivity contribution in [2.45, 2.75) is 0 Å². The first-order valence-electron chi connectivity index (χ1n) is 4.04. The summed E-state index contributed by atoms with van der Waals surface area (Å²) in [6.45, 7) is 0. The third kappa shape index (κ3) is 2.84. The van der Waals surface area contributed by atoms with Gasteiger partial charge in [0.1, 0.15) is 0 Å². The molecule has 0 bridgehead atoms. The minimum Gasteiger partial charge on any atom is -0.478 e. The van der Waals surface area contributed by atoms with Crippen molar-refractivity contribution in [3.05, 3.63) is 35.4 Å². The number of hydrogen-bond donors (Lipinski definition) is 3. The summed E-state index contributed by atoms with van der Waals surface area (Å²) >= 11 is 0. The molecule has 0 fully saturated rings. The van der Waals surface area contributed by atoms with Crippen molar-refractivity contribution in [3.8, 4) is 0 Å². The van der Waals surface area contributed by atoms with Crippen molar-refractivity contribution in [2.75, 3.05) is 5.73 Å². The SMILES string of the molecule is Nc1cc(/C=C/C(=O)O)ccc1C(=O)O. The second-order valence-electron chi connectivity index (χ2n) is 2.82. The zero-order chi connectivity index (χ0) is 11.4. The van der Waals surface area contributed by atoms with Gasteiger partial charge >= 0.3 is 11.9 Å². The molecule has 5 nitrogen and oxygen atoms in total. The van der Waals surface area contributed by atoms with Gasteiger partial charge in [0.05, 0.1) is 5.56 Å². The van der Waals surface area contributed by atoms with Crippen LogP contribution in [-0.2, 0) is 4.79 Å². The third-order valence-corrected chi connectivity index (χ3v) is 1.72. The number of rotatable bonds is 3. The number of benzene rings is 1. The summed E-state index contributed by atoms with van der Waals surface area (Å²) < 4.78 is 0. The number of anilines is 1. The molecule has 0 amide bonds. The largest absolute Gasteiger partial charge is 0.478 e. The van der Waals surface area contributed by atoms with Gasteiger partial charge in [0.2, 0.25) is 0 Å². The van der Waals surface area contributed by atoms with Crippen LogP contribution in [0.15, 0.2) is 24.3 Å². The van der Waals surface area contributed by atoms with Crippen LogP contribution in [-0.4, -0.2) is 22.2 Å². The predicted molar refractivity (Wildman–Crippen MR) is 54.5 cm³/mol. The van der Waals surface area contributed by atoms with Gasteiger partial charge in [-0.15, -0.1) is 0 Å². The smallest absolute Gasteiger partial charge is 0.337 e. The topological polar surface area (TPSA) is 101 Å². The van der Waals surface area contributed by atoms with E-state index >= 15 is 0 Å². The van der Waals surface area contributed by atoms with E-state index in [1.165, 1.54) is 24.3 Å². The Hall–Kier alpha value is -2.30. The number of aromatic carboxylic acids is 1. The second kappa shape index (κ2) is 4.28. The standard InChI is InChI=1S/C10H9NO4/c11-8-5-6(2-4-9(12)13)1-3-7(8)10(14)15/h1-5H,11H2,(H,12,13)(H,14,15)/b4-2+. The molecule has 5 heteroatoms. The Labute approximate surface area is 85.5 Å². The molecule has 0 saturated heterocycles. The van der Waals surface area contributed by atoms with Crippen LogP contribution in [0.1, 0.15) is 15.9 Å². The average Bonchev–Trinajstić information content (AvgIpc) is 2.14. The van der Waals surface area contributed by atoms with Gasteiger partial charge in [-0.25, -0.2) is 9.59 Å². The summed E-state index contributed by atoms with van der Waals surface area (Å²) in [5.74, 6) is -2.18. The highest BCUT2D eigenvalue weighted by Crippen LogP contribution is 2.15. The van der Waals surface area contributed by atoms with Crippen LogP contribution < -0.4 is 5.73 Å². The maximum absolute atomic E-state index is 10.6. The zero-order valence-corrected chi connectivity index (χ0v) is 7.68. The Bertz CT molecular complexity index is 437. The van der Waals surface area contributed by atoms with E-state index in [1.54, 1.807) is 0 Å². The average molecular weight is 207 g/mol. The van der Waals surface area contributed by atoms with Gasteiger partial charge in [0.25, 0.3) is 0 Å². The lowest BCUT2D eigenvalue weighted by atomic mass is 10.1. The summed E-state index contributed by atoms with van der Waals surface area (Å²) in [4.78, 5) is 20.8. The molecular weight excluding hydrogens is 198 g/mol. The number of hydrogen-bond acceptors (Lipinski definition) is 3. The van der Waals surface area contributed by atoms with Gasteiger partial charge < -0.3 is 15.9 Å². The van der Waals surface area contributed by atoms with E-state index in [1.807, 2.05) is 0 Å². The highest BCUT2D eigenvalue weighted by atomic mass is 16.4. The molecule has 0 atom stereocenters. The fourth-order valence-corrected chi connectivity index (χ4v) is 1.05. The Balaban J connectivity index is 3.01. The molecule has 78 valence electrons. The molecule has 1 rings (SSSR count). The van der Waals surface area contributed by atoms with Crippen molar-refractivity contribution in [1.82, 2.24) is 0 Å². The number of aliphatic carboxylic acids is 1. The van der Waals surface area contributed by atoms with Crippen molar-refractivity contribution in [1.29, 1.82) is 0 Å². The maximum atomic E-state index is 10.6. The monoisotopic (exact) mass is 207 g/mol. The Morgan fingerprint density at radius 1 is 1.27 bits per heavy atom. The van der Waals surface area contributed by atoms with E-state index in [9.17, 15) is 9.59 Å². The number of nitrogens with two attached hydrogens (primary N) is 1. The van der Waals surface area contributed by atoms with Crippen molar-refractivity contribution in [3.63, 3.8) is 0 Å². The first kappa shape index (κ1) is 10.8. The summed E-state index contributed by atoms with van der Waals surface area (Å²) in [6, 6.07) is 4.22. The van der Waals surface area contributed by atoms with E-state index in [0.29, 0.717) is 5.56 Å². The van der Waals surface area contributed by atoms with Crippen molar-refractivity contribution < 1.29 is 19.8 Å². The van der Waals surface area contributed by atoms with Crippen LogP contribution in [0.3, 0.4) is 0 Å². The molecule has 0 aliphatic carbocycles. The molecule has 0 spiro atoms. The minimum atomic E-state index is -1.11. The minimum absolute atomic E-state index is 0.00229. The van der Waals surface area contributed by atoms with Gasteiger partial charge in [-0.2, -0.15) is 0 Å². The molecular formula is C10H9NO4. The molecule has 0 unspecified atom stereocenters. The first-order valence-corrected chi connectivity index (χ1v) is 4.04. The molecule has 4 N–H and O–H groups in total. The van der Waals surface area contributed by atoms with Gasteiger partial charge in [0.15, 0.2) is 0 Å². The lowest BCUT2D eigenvalue weighted by molar-refractivity contribution is -0.131. The fourth-order valence-electron chi connectivity index (χ4n) is 1.05. The Kier molecular flexibility index (Phi) is 3.07. The van der Waals surface area contributed by atoms with Gasteiger partial charge in [0, 0.05) is 11.8 Å². The highest BCUT2D eigenvalue weighted by molar-refractivity contribution is 5.94. The normalized spacial score (nSPS) is 10.4. The summed E-state index contributed by atoms with van der Waals surface area (Å²) in [7, 11) is 0. The summed E-state index contributed by atoms with van der Waals surface area (Å²) in [6.07, 6.45) is 2.29. The lowest BCUT2D eigenvalue weighted by Gasteiger charge is -2.01. The third-order valence-electron chi connectivity index (χ3n) is 1.72. The molecule has 0 saturated carbocycles. The number of carboxylic acid groups (broad SMARTS) is 2. The number of nitrogen functional groups attached to an aromatic ring is 1. The van der Waals surface area contributed by atoms with Gasteiger partial charge in [-0.05, 0) is 23.8 Å². The molecule has 0 radical (unpaired) electrons. The van der Waals surface area contributed by atoms with Crippen LogP contribution in [0.2, 0.25) is 0 Å². The maximum Gasteiger partial charge on any atom is 0.337 e. The molecule has 0 aromatic heterocycles.